The second-order valence-corrected chi connectivity index (χ2v) is 5.95. The number of hydrogen-bond donors (Lipinski definition) is 0. The van der Waals surface area contributed by atoms with Gasteiger partial charge in [-0.25, -0.2) is 4.98 Å². The smallest absolute Gasteiger partial charge is 0.0951 e. The molecule has 2 heterocycles. The third kappa shape index (κ3) is 3.71. The van der Waals surface area contributed by atoms with Gasteiger partial charge in [-0.05, 0) is 19.4 Å². The summed E-state index contributed by atoms with van der Waals surface area (Å²) in [5, 5.41) is 0. The van der Waals surface area contributed by atoms with Crippen molar-refractivity contribution in [2.75, 3.05) is 13.1 Å². The minimum absolute atomic E-state index is 0.305. The molecule has 0 aliphatic carbocycles. The highest BCUT2D eigenvalue weighted by Gasteiger charge is 2.22. The zero-order chi connectivity index (χ0) is 14.7. The van der Waals surface area contributed by atoms with Crippen molar-refractivity contribution in [2.45, 2.75) is 39.1 Å². The molecule has 1 aliphatic rings. The summed E-state index contributed by atoms with van der Waals surface area (Å²) in [4.78, 5) is 6.78. The lowest BCUT2D eigenvalue weighted by molar-refractivity contribution is -0.0709. The van der Waals surface area contributed by atoms with Crippen LogP contribution < -0.4 is 0 Å². The third-order valence-corrected chi connectivity index (χ3v) is 3.88. The molecule has 21 heavy (non-hydrogen) atoms. The molecule has 0 bridgehead atoms. The summed E-state index contributed by atoms with van der Waals surface area (Å²) >= 11 is 0. The molecule has 1 fully saturated rings. The molecule has 1 saturated heterocycles. The largest absolute Gasteiger partial charge is 0.373 e. The van der Waals surface area contributed by atoms with E-state index in [1.54, 1.807) is 0 Å². The van der Waals surface area contributed by atoms with E-state index < -0.39 is 0 Å². The zero-order valence-corrected chi connectivity index (χ0v) is 12.8. The summed E-state index contributed by atoms with van der Waals surface area (Å²) in [7, 11) is 0. The Bertz CT molecular complexity index is 556. The van der Waals surface area contributed by atoms with Crippen LogP contribution >= 0.6 is 0 Å². The van der Waals surface area contributed by atoms with Crippen LogP contribution in [0.25, 0.3) is 0 Å². The first-order valence-corrected chi connectivity index (χ1v) is 7.61. The van der Waals surface area contributed by atoms with Crippen LogP contribution in [0.2, 0.25) is 0 Å². The van der Waals surface area contributed by atoms with Gasteiger partial charge in [0.05, 0.1) is 24.2 Å². The monoisotopic (exact) mass is 285 g/mol. The number of aromatic nitrogens is 2. The van der Waals surface area contributed by atoms with Gasteiger partial charge in [-0.2, -0.15) is 0 Å². The van der Waals surface area contributed by atoms with Gasteiger partial charge in [-0.3, -0.25) is 4.90 Å². The van der Waals surface area contributed by atoms with E-state index in [2.05, 4.69) is 58.6 Å². The Hall–Kier alpha value is -1.65. The van der Waals surface area contributed by atoms with E-state index in [0.29, 0.717) is 12.2 Å². The number of morpholine rings is 1. The Morgan fingerprint density at radius 1 is 1.10 bits per heavy atom. The lowest BCUT2D eigenvalue weighted by Gasteiger charge is -2.35. The maximum Gasteiger partial charge on any atom is 0.0951 e. The highest BCUT2D eigenvalue weighted by atomic mass is 16.5. The molecule has 112 valence electrons. The molecule has 0 saturated carbocycles. The van der Waals surface area contributed by atoms with Gasteiger partial charge in [0, 0.05) is 32.4 Å². The van der Waals surface area contributed by atoms with E-state index in [1.807, 2.05) is 12.5 Å². The van der Waals surface area contributed by atoms with Crippen LogP contribution in [0.3, 0.4) is 0 Å². The summed E-state index contributed by atoms with van der Waals surface area (Å²) in [6, 6.07) is 10.5. The van der Waals surface area contributed by atoms with Crippen molar-refractivity contribution in [1.82, 2.24) is 14.5 Å². The molecule has 0 unspecified atom stereocenters. The summed E-state index contributed by atoms with van der Waals surface area (Å²) in [5.41, 5.74) is 2.57. The van der Waals surface area contributed by atoms with E-state index in [4.69, 9.17) is 4.74 Å². The molecule has 3 rings (SSSR count). The fraction of sp³-hybridized carbons (Fsp3) is 0.471. The number of nitrogens with zero attached hydrogens (tertiary/aromatic N) is 3. The predicted octanol–water partition coefficient (Wildman–Crippen LogP) is 2.54. The first-order valence-electron chi connectivity index (χ1n) is 7.61. The molecule has 2 aromatic rings. The van der Waals surface area contributed by atoms with E-state index >= 15 is 0 Å². The van der Waals surface area contributed by atoms with Crippen molar-refractivity contribution < 1.29 is 4.74 Å². The summed E-state index contributed by atoms with van der Waals surface area (Å²) < 4.78 is 8.03. The lowest BCUT2D eigenvalue weighted by atomic mass is 10.2. The van der Waals surface area contributed by atoms with Crippen molar-refractivity contribution in [3.05, 3.63) is 54.1 Å². The molecule has 4 nitrogen and oxygen atoms in total. The van der Waals surface area contributed by atoms with Crippen molar-refractivity contribution >= 4 is 0 Å². The van der Waals surface area contributed by atoms with Gasteiger partial charge in [0.1, 0.15) is 0 Å². The molecule has 4 heteroatoms. The Balaban J connectivity index is 1.68. The molecule has 0 radical (unpaired) electrons. The third-order valence-electron chi connectivity index (χ3n) is 3.88. The fourth-order valence-electron chi connectivity index (χ4n) is 3.04. The maximum absolute atomic E-state index is 5.80. The van der Waals surface area contributed by atoms with E-state index in [1.165, 1.54) is 11.3 Å². The molecule has 0 N–H and O–H groups in total. The van der Waals surface area contributed by atoms with Crippen molar-refractivity contribution in [3.63, 3.8) is 0 Å². The van der Waals surface area contributed by atoms with Gasteiger partial charge < -0.3 is 9.30 Å². The van der Waals surface area contributed by atoms with Crippen LogP contribution in [-0.2, 0) is 17.8 Å². The minimum atomic E-state index is 0.305. The average Bonchev–Trinajstić information content (AvgIpc) is 2.86. The number of ether oxygens (including phenoxy) is 1. The van der Waals surface area contributed by atoms with E-state index in [9.17, 15) is 0 Å². The number of imidazole rings is 1. The van der Waals surface area contributed by atoms with Gasteiger partial charge in [-0.1, -0.05) is 30.3 Å². The summed E-state index contributed by atoms with van der Waals surface area (Å²) in [6.45, 7) is 8.08. The fourth-order valence-corrected chi connectivity index (χ4v) is 3.04. The van der Waals surface area contributed by atoms with Crippen molar-refractivity contribution in [1.29, 1.82) is 0 Å². The molecule has 1 aromatic carbocycles. The summed E-state index contributed by atoms with van der Waals surface area (Å²) in [5.74, 6) is 0. The van der Waals surface area contributed by atoms with Crippen LogP contribution in [0.5, 0.6) is 0 Å². The SMILES string of the molecule is C[C@@H]1CN(Cc2cncn2Cc2ccccc2)C[C@H](C)O1. The molecule has 0 amide bonds. The van der Waals surface area contributed by atoms with Crippen molar-refractivity contribution in [3.8, 4) is 0 Å². The quantitative estimate of drug-likeness (QED) is 0.865. The second-order valence-electron chi connectivity index (χ2n) is 5.95. The molecule has 2 atom stereocenters. The lowest BCUT2D eigenvalue weighted by Crippen LogP contribution is -2.45. The molecule has 1 aromatic heterocycles. The first-order chi connectivity index (χ1) is 10.2. The van der Waals surface area contributed by atoms with Gasteiger partial charge in [0.2, 0.25) is 0 Å². The number of rotatable bonds is 4. The van der Waals surface area contributed by atoms with Crippen LogP contribution in [0, 0.1) is 0 Å². The Morgan fingerprint density at radius 3 is 2.52 bits per heavy atom. The van der Waals surface area contributed by atoms with Gasteiger partial charge in [-0.15, -0.1) is 0 Å². The Morgan fingerprint density at radius 2 is 1.81 bits per heavy atom. The topological polar surface area (TPSA) is 30.3 Å². The van der Waals surface area contributed by atoms with Crippen LogP contribution in [0.15, 0.2) is 42.9 Å². The first kappa shape index (κ1) is 14.3. The Labute approximate surface area is 126 Å². The highest BCUT2D eigenvalue weighted by molar-refractivity contribution is 5.16. The van der Waals surface area contributed by atoms with Crippen molar-refractivity contribution in [2.24, 2.45) is 0 Å². The minimum Gasteiger partial charge on any atom is -0.373 e. The zero-order valence-electron chi connectivity index (χ0n) is 12.8. The molecular formula is C17H23N3O. The van der Waals surface area contributed by atoms with Gasteiger partial charge in [0.25, 0.3) is 0 Å². The van der Waals surface area contributed by atoms with E-state index in [0.717, 1.165) is 26.2 Å². The highest BCUT2D eigenvalue weighted by Crippen LogP contribution is 2.15. The van der Waals surface area contributed by atoms with E-state index in [-0.39, 0.29) is 0 Å². The second kappa shape index (κ2) is 6.41. The van der Waals surface area contributed by atoms with Gasteiger partial charge >= 0.3 is 0 Å². The van der Waals surface area contributed by atoms with Crippen LogP contribution in [0.1, 0.15) is 25.1 Å². The Kier molecular flexibility index (Phi) is 4.36. The summed E-state index contributed by atoms with van der Waals surface area (Å²) in [6.07, 6.45) is 4.52. The van der Waals surface area contributed by atoms with Gasteiger partial charge in [0.15, 0.2) is 0 Å². The van der Waals surface area contributed by atoms with Crippen LogP contribution in [-0.4, -0.2) is 39.7 Å². The molecular weight excluding hydrogens is 262 g/mol. The molecule has 1 aliphatic heterocycles. The maximum atomic E-state index is 5.80. The predicted molar refractivity (Wildman–Crippen MR) is 83.1 cm³/mol. The number of hydrogen-bond acceptors (Lipinski definition) is 3. The van der Waals surface area contributed by atoms with Crippen LogP contribution in [0.4, 0.5) is 0 Å². The standard InChI is InChI=1S/C17H23N3O/c1-14-9-19(10-15(2)21-14)12-17-8-18-13-20(17)11-16-6-4-3-5-7-16/h3-8,13-15H,9-12H2,1-2H3/t14-,15+. The molecule has 0 spiro atoms. The normalized spacial score (nSPS) is 23.3. The number of benzene rings is 1. The average molecular weight is 285 g/mol.